The number of nitrogens with zero attached hydrogens (tertiary/aromatic N) is 4. The van der Waals surface area contributed by atoms with Crippen LogP contribution in [-0.2, 0) is 6.54 Å². The number of fused-ring (bicyclic) bond motifs is 1. The molecule has 5 rings (SSSR count). The highest BCUT2D eigenvalue weighted by molar-refractivity contribution is 7.13. The van der Waals surface area contributed by atoms with Crippen LogP contribution in [0.15, 0.2) is 42.0 Å². The number of thiophene rings is 1. The molecule has 0 atom stereocenters. The molecule has 0 saturated heterocycles. The molecule has 1 aliphatic carbocycles. The van der Waals surface area contributed by atoms with E-state index in [2.05, 4.69) is 76.7 Å². The molecule has 1 aliphatic rings. The van der Waals surface area contributed by atoms with E-state index in [4.69, 9.17) is 15.7 Å². The van der Waals surface area contributed by atoms with E-state index < -0.39 is 0 Å². The topological polar surface area (TPSA) is 93.7 Å². The summed E-state index contributed by atoms with van der Waals surface area (Å²) in [4.78, 5) is 15.6. The summed E-state index contributed by atoms with van der Waals surface area (Å²) in [7, 11) is 0. The van der Waals surface area contributed by atoms with Crippen LogP contribution in [0.3, 0.4) is 0 Å². The van der Waals surface area contributed by atoms with Gasteiger partial charge in [-0.15, -0.1) is 11.3 Å². The maximum atomic E-state index is 6.09. The number of anilines is 2. The highest BCUT2D eigenvalue weighted by Gasteiger charge is 2.21. The summed E-state index contributed by atoms with van der Waals surface area (Å²) in [6.07, 6.45) is 6.03. The first-order valence-electron chi connectivity index (χ1n) is 12.1. The molecule has 0 radical (unpaired) electrons. The second-order valence-electron chi connectivity index (χ2n) is 9.61. The molecule has 0 spiro atoms. The Hall–Kier alpha value is -2.97. The predicted molar refractivity (Wildman–Crippen MR) is 141 cm³/mol. The Balaban J connectivity index is 1.37. The molecule has 8 heteroatoms. The molecule has 1 fully saturated rings. The summed E-state index contributed by atoms with van der Waals surface area (Å²) in [6, 6.07) is 11.9. The SMILES string of the molecule is Cc1csc(-c2ccc(CNc3nc(NC4CCC(N)CC4)nc4c3ncn4C(C)C)cc2)c1. The van der Waals surface area contributed by atoms with E-state index in [-0.39, 0.29) is 6.04 Å². The summed E-state index contributed by atoms with van der Waals surface area (Å²) in [5.41, 5.74) is 11.5. The lowest BCUT2D eigenvalue weighted by Crippen LogP contribution is -2.33. The maximum absolute atomic E-state index is 6.09. The number of hydrogen-bond acceptors (Lipinski definition) is 7. The summed E-state index contributed by atoms with van der Waals surface area (Å²) < 4.78 is 2.10. The highest BCUT2D eigenvalue weighted by Crippen LogP contribution is 2.28. The lowest BCUT2D eigenvalue weighted by atomic mass is 9.92. The van der Waals surface area contributed by atoms with Crippen LogP contribution in [-0.4, -0.2) is 31.6 Å². The van der Waals surface area contributed by atoms with Crippen molar-refractivity contribution in [3.63, 3.8) is 0 Å². The number of aromatic nitrogens is 4. The summed E-state index contributed by atoms with van der Waals surface area (Å²) in [5, 5.41) is 9.27. The fourth-order valence-corrected chi connectivity index (χ4v) is 5.39. The molecule has 0 bridgehead atoms. The molecule has 3 heterocycles. The Labute approximate surface area is 204 Å². The zero-order valence-corrected chi connectivity index (χ0v) is 20.9. The van der Waals surface area contributed by atoms with Gasteiger partial charge in [-0.25, -0.2) is 4.98 Å². The van der Waals surface area contributed by atoms with Crippen LogP contribution in [0.25, 0.3) is 21.6 Å². The number of aryl methyl sites for hydroxylation is 1. The Morgan fingerprint density at radius 2 is 1.88 bits per heavy atom. The molecular formula is C26H33N7S. The molecule has 1 aromatic carbocycles. The van der Waals surface area contributed by atoms with Gasteiger partial charge >= 0.3 is 0 Å². The van der Waals surface area contributed by atoms with Gasteiger partial charge in [0.15, 0.2) is 17.0 Å². The van der Waals surface area contributed by atoms with E-state index in [1.54, 1.807) is 11.3 Å². The lowest BCUT2D eigenvalue weighted by Gasteiger charge is -2.27. The first kappa shape index (κ1) is 22.8. The molecule has 4 aromatic rings. The van der Waals surface area contributed by atoms with Crippen molar-refractivity contribution in [2.75, 3.05) is 10.6 Å². The van der Waals surface area contributed by atoms with Crippen molar-refractivity contribution in [1.82, 2.24) is 19.5 Å². The summed E-state index contributed by atoms with van der Waals surface area (Å²) >= 11 is 1.78. The summed E-state index contributed by atoms with van der Waals surface area (Å²) in [5.74, 6) is 1.42. The molecule has 0 aliphatic heterocycles. The van der Waals surface area contributed by atoms with Gasteiger partial charge in [0.1, 0.15) is 0 Å². The highest BCUT2D eigenvalue weighted by atomic mass is 32.1. The molecule has 3 aromatic heterocycles. The zero-order chi connectivity index (χ0) is 23.7. The van der Waals surface area contributed by atoms with Gasteiger partial charge in [-0.3, -0.25) is 0 Å². The van der Waals surface area contributed by atoms with Crippen LogP contribution in [0, 0.1) is 6.92 Å². The van der Waals surface area contributed by atoms with Crippen LogP contribution in [0.2, 0.25) is 0 Å². The third-order valence-corrected chi connectivity index (χ3v) is 7.61. The van der Waals surface area contributed by atoms with E-state index in [9.17, 15) is 0 Å². The van der Waals surface area contributed by atoms with Gasteiger partial charge in [-0.05, 0) is 74.6 Å². The van der Waals surface area contributed by atoms with Gasteiger partial charge in [0, 0.05) is 29.5 Å². The van der Waals surface area contributed by atoms with Crippen LogP contribution in [0.4, 0.5) is 11.8 Å². The minimum absolute atomic E-state index is 0.265. The van der Waals surface area contributed by atoms with Gasteiger partial charge in [-0.1, -0.05) is 24.3 Å². The second-order valence-corrected chi connectivity index (χ2v) is 10.5. The number of hydrogen-bond donors (Lipinski definition) is 3. The van der Waals surface area contributed by atoms with Crippen molar-refractivity contribution in [2.45, 2.75) is 71.1 Å². The van der Waals surface area contributed by atoms with Crippen molar-refractivity contribution >= 4 is 34.3 Å². The van der Waals surface area contributed by atoms with E-state index >= 15 is 0 Å². The quantitative estimate of drug-likeness (QED) is 0.316. The van der Waals surface area contributed by atoms with Crippen molar-refractivity contribution in [3.8, 4) is 10.4 Å². The standard InChI is InChI=1S/C26H33N7S/c1-16(2)33-15-29-23-24(31-26(32-25(23)33)30-21-10-8-20(27)9-11-21)28-13-18-4-6-19(7-5-18)22-12-17(3)14-34-22/h4-7,12,14-16,20-21H,8-11,13,27H2,1-3H3,(H2,28,30,31,32). The Morgan fingerprint density at radius 3 is 2.56 bits per heavy atom. The average Bonchev–Trinajstić information content (AvgIpc) is 3.46. The lowest BCUT2D eigenvalue weighted by molar-refractivity contribution is 0.410. The predicted octanol–water partition coefficient (Wildman–Crippen LogP) is 5.74. The second kappa shape index (κ2) is 9.72. The molecule has 7 nitrogen and oxygen atoms in total. The van der Waals surface area contributed by atoms with Crippen molar-refractivity contribution in [1.29, 1.82) is 0 Å². The van der Waals surface area contributed by atoms with Gasteiger partial charge < -0.3 is 20.9 Å². The Morgan fingerprint density at radius 1 is 1.12 bits per heavy atom. The third kappa shape index (κ3) is 4.93. The van der Waals surface area contributed by atoms with E-state index in [0.29, 0.717) is 24.6 Å². The van der Waals surface area contributed by atoms with Crippen molar-refractivity contribution < 1.29 is 0 Å². The van der Waals surface area contributed by atoms with Crippen LogP contribution in [0.1, 0.15) is 56.7 Å². The van der Waals surface area contributed by atoms with Crippen molar-refractivity contribution in [2.24, 2.45) is 5.73 Å². The van der Waals surface area contributed by atoms with Gasteiger partial charge in [0.25, 0.3) is 0 Å². The zero-order valence-electron chi connectivity index (χ0n) is 20.1. The van der Waals surface area contributed by atoms with Gasteiger partial charge in [0.2, 0.25) is 5.95 Å². The Kier molecular flexibility index (Phi) is 6.52. The largest absolute Gasteiger partial charge is 0.364 e. The number of rotatable bonds is 7. The molecule has 1 saturated carbocycles. The monoisotopic (exact) mass is 475 g/mol. The van der Waals surface area contributed by atoms with Gasteiger partial charge in [-0.2, -0.15) is 9.97 Å². The van der Waals surface area contributed by atoms with E-state index in [1.165, 1.54) is 21.6 Å². The van der Waals surface area contributed by atoms with Crippen molar-refractivity contribution in [3.05, 3.63) is 53.2 Å². The van der Waals surface area contributed by atoms with Crippen LogP contribution < -0.4 is 16.4 Å². The van der Waals surface area contributed by atoms with E-state index in [1.807, 2.05) is 6.33 Å². The minimum Gasteiger partial charge on any atom is -0.364 e. The number of benzene rings is 1. The Bertz CT molecular complexity index is 1250. The molecule has 178 valence electrons. The normalized spacial score (nSPS) is 18.5. The maximum Gasteiger partial charge on any atom is 0.227 e. The molecular weight excluding hydrogens is 442 g/mol. The molecule has 34 heavy (non-hydrogen) atoms. The first-order chi connectivity index (χ1) is 16.5. The number of nitrogens with one attached hydrogen (secondary N) is 2. The molecule has 0 amide bonds. The van der Waals surface area contributed by atoms with E-state index in [0.717, 1.165) is 42.7 Å². The van der Waals surface area contributed by atoms with Gasteiger partial charge in [0.05, 0.1) is 6.33 Å². The number of imidazole rings is 1. The fourth-order valence-electron chi connectivity index (χ4n) is 4.48. The van der Waals surface area contributed by atoms with Crippen LogP contribution in [0.5, 0.6) is 0 Å². The van der Waals surface area contributed by atoms with Crippen LogP contribution >= 0.6 is 11.3 Å². The summed E-state index contributed by atoms with van der Waals surface area (Å²) in [6.45, 7) is 7.08. The molecule has 0 unspecified atom stereocenters. The smallest absolute Gasteiger partial charge is 0.227 e. The number of nitrogens with two attached hydrogens (primary N) is 1. The third-order valence-electron chi connectivity index (χ3n) is 6.51. The first-order valence-corrected chi connectivity index (χ1v) is 13.0. The average molecular weight is 476 g/mol. The fraction of sp³-hybridized carbons (Fsp3) is 0.423. The molecule has 4 N–H and O–H groups in total. The minimum atomic E-state index is 0.265.